The van der Waals surface area contributed by atoms with Crippen molar-refractivity contribution < 1.29 is 57.1 Å². The number of esters is 2. The fourth-order valence-corrected chi connectivity index (χ4v) is 7.02. The standard InChI is InChI=1S/C50H66N8O12/c1-10-22-63-31-38-41(65-24-12-3)42(66-25-13-4)43(67-26-14-5)49(70-38)69-37(28-32(7)8)47(61)57-50-55-44(51)40-45(56-50)52-29-34(53-40)30-58(9)35-18-16-33(17-19-35)46(60)54-36(48(62)68-27-15-6)20-21-39(59)64-23-11-2/h10-19,29,32,36-38,41-43,49H,1-6,20-28,30-31H2,7-9H3,(H,54,60)(H3,51,52,55,56,57,61)/t36-,37-,38+,41+,42-,43+,49?/m0/s1. The van der Waals surface area contributed by atoms with Gasteiger partial charge in [-0.3, -0.25) is 19.7 Å². The van der Waals surface area contributed by atoms with Gasteiger partial charge in [0.1, 0.15) is 49.8 Å². The second kappa shape index (κ2) is 29.4. The predicted octanol–water partition coefficient (Wildman–Crippen LogP) is 4.99. The summed E-state index contributed by atoms with van der Waals surface area (Å²) in [6.07, 6.45) is 5.62. The summed E-state index contributed by atoms with van der Waals surface area (Å²) in [6.45, 7) is 27.1. The molecule has 4 rings (SSSR count). The van der Waals surface area contributed by atoms with E-state index in [4.69, 9.17) is 43.6 Å². The molecule has 0 spiro atoms. The van der Waals surface area contributed by atoms with Gasteiger partial charge in [0.05, 0.1) is 51.5 Å². The normalized spacial score (nSPS) is 18.4. The van der Waals surface area contributed by atoms with Crippen molar-refractivity contribution in [1.82, 2.24) is 25.3 Å². The number of fused-ring (bicyclic) bond motifs is 1. The van der Waals surface area contributed by atoms with Gasteiger partial charge in [-0.1, -0.05) is 63.5 Å². The minimum Gasteiger partial charge on any atom is -0.461 e. The number of amides is 2. The van der Waals surface area contributed by atoms with Gasteiger partial charge in [-0.2, -0.15) is 9.97 Å². The molecule has 20 nitrogen and oxygen atoms in total. The van der Waals surface area contributed by atoms with E-state index in [-0.39, 0.29) is 106 Å². The molecule has 1 unspecified atom stereocenters. The number of nitrogens with two attached hydrogens (primary N) is 1. The van der Waals surface area contributed by atoms with Crippen LogP contribution in [0.5, 0.6) is 0 Å². The zero-order chi connectivity index (χ0) is 51.0. The molecule has 1 aromatic carbocycles. The number of ether oxygens (including phenoxy) is 8. The number of nitrogens with zero attached hydrogens (tertiary/aromatic N) is 5. The number of carbonyl (C=O) groups excluding carboxylic acids is 4. The molecular weight excluding hydrogens is 905 g/mol. The fraction of sp³-hybridized carbons (Fsp3) is 0.440. The van der Waals surface area contributed by atoms with E-state index in [0.717, 1.165) is 5.69 Å². The first-order chi connectivity index (χ1) is 33.8. The Morgan fingerprint density at radius 3 is 2.09 bits per heavy atom. The number of nitrogen functional groups attached to an aromatic ring is 1. The van der Waals surface area contributed by atoms with Gasteiger partial charge in [0.2, 0.25) is 5.95 Å². The number of hydrogen-bond acceptors (Lipinski definition) is 18. The summed E-state index contributed by atoms with van der Waals surface area (Å²) in [7, 11) is 1.82. The number of anilines is 3. The minimum atomic E-state index is -1.14. The second-order valence-electron chi connectivity index (χ2n) is 16.2. The molecule has 0 saturated carbocycles. The highest BCUT2D eigenvalue weighted by atomic mass is 16.7. The molecule has 1 saturated heterocycles. The monoisotopic (exact) mass is 970 g/mol. The van der Waals surface area contributed by atoms with Gasteiger partial charge in [0.15, 0.2) is 23.3 Å². The van der Waals surface area contributed by atoms with Crippen LogP contribution in [0.1, 0.15) is 49.2 Å². The lowest BCUT2D eigenvalue weighted by Gasteiger charge is -2.46. The Bertz CT molecular complexity index is 2260. The van der Waals surface area contributed by atoms with Crippen molar-refractivity contribution in [3.05, 3.63) is 118 Å². The number of nitrogens with one attached hydrogen (secondary N) is 2. The van der Waals surface area contributed by atoms with Gasteiger partial charge in [0.25, 0.3) is 11.8 Å². The van der Waals surface area contributed by atoms with Gasteiger partial charge < -0.3 is 53.8 Å². The van der Waals surface area contributed by atoms with Crippen molar-refractivity contribution in [2.24, 2.45) is 5.92 Å². The summed E-state index contributed by atoms with van der Waals surface area (Å²) in [5.74, 6) is -2.54. The summed E-state index contributed by atoms with van der Waals surface area (Å²) >= 11 is 0. The van der Waals surface area contributed by atoms with Crippen LogP contribution in [0.25, 0.3) is 11.2 Å². The quantitative estimate of drug-likeness (QED) is 0.0424. The molecule has 378 valence electrons. The third kappa shape index (κ3) is 17.1. The number of aromatic nitrogens is 4. The molecule has 70 heavy (non-hydrogen) atoms. The highest BCUT2D eigenvalue weighted by Gasteiger charge is 2.50. The maximum Gasteiger partial charge on any atom is 0.328 e. The first-order valence-corrected chi connectivity index (χ1v) is 22.7. The second-order valence-corrected chi connectivity index (χ2v) is 16.2. The SMILES string of the molecule is C=CCOC[C@H]1OC(O[C@@H](CC(C)C)C(=O)Nc2nc(N)c3nc(CN(C)c4ccc(C(=O)N[C@@H](CCC(=O)OCC=C)C(=O)OCC=C)cc4)cnc3n2)[C@H](OCC=C)[C@@H](OCC=C)[C@@H]1OCC=C. The van der Waals surface area contributed by atoms with Crippen LogP contribution in [-0.2, 0) is 58.8 Å². The molecule has 20 heteroatoms. The van der Waals surface area contributed by atoms with Crippen molar-refractivity contribution >= 4 is 52.4 Å². The van der Waals surface area contributed by atoms with Crippen LogP contribution in [0.3, 0.4) is 0 Å². The summed E-state index contributed by atoms with van der Waals surface area (Å²) in [5.41, 5.74) is 8.26. The van der Waals surface area contributed by atoms with Crippen molar-refractivity contribution in [3.8, 4) is 0 Å². The third-order valence-electron chi connectivity index (χ3n) is 10.2. The van der Waals surface area contributed by atoms with E-state index in [1.165, 1.54) is 18.3 Å². The number of benzene rings is 1. The van der Waals surface area contributed by atoms with Crippen molar-refractivity contribution in [2.75, 3.05) is 69.2 Å². The number of hydrogen-bond donors (Lipinski definition) is 3. The third-order valence-corrected chi connectivity index (χ3v) is 10.2. The van der Waals surface area contributed by atoms with Gasteiger partial charge in [-0.05, 0) is 43.0 Å². The highest BCUT2D eigenvalue weighted by Crippen LogP contribution is 2.31. The van der Waals surface area contributed by atoms with Gasteiger partial charge in [-0.25, -0.2) is 14.8 Å². The van der Waals surface area contributed by atoms with Gasteiger partial charge in [0, 0.05) is 24.7 Å². The lowest BCUT2D eigenvalue weighted by Crippen LogP contribution is -2.62. The molecule has 3 heterocycles. The van der Waals surface area contributed by atoms with E-state index in [2.05, 4.69) is 70.0 Å². The molecule has 3 aromatic rings. The molecule has 2 amide bonds. The molecule has 1 aliphatic rings. The van der Waals surface area contributed by atoms with E-state index in [1.54, 1.807) is 48.6 Å². The zero-order valence-electron chi connectivity index (χ0n) is 40.2. The molecule has 4 N–H and O–H groups in total. The Morgan fingerprint density at radius 2 is 1.44 bits per heavy atom. The Kier molecular flexibility index (Phi) is 23.5. The predicted molar refractivity (Wildman–Crippen MR) is 263 cm³/mol. The van der Waals surface area contributed by atoms with E-state index >= 15 is 0 Å². The summed E-state index contributed by atoms with van der Waals surface area (Å²) in [6, 6.07) is 5.53. The Labute approximate surface area is 409 Å². The first kappa shape index (κ1) is 55.9. The van der Waals surface area contributed by atoms with Gasteiger partial charge in [-0.15, -0.1) is 26.3 Å². The molecule has 0 aliphatic carbocycles. The maximum atomic E-state index is 14.1. The molecule has 0 bridgehead atoms. The van der Waals surface area contributed by atoms with Crippen molar-refractivity contribution in [2.45, 2.75) is 82.5 Å². The minimum absolute atomic E-state index is 0.00653. The van der Waals surface area contributed by atoms with Gasteiger partial charge >= 0.3 is 11.9 Å². The lowest BCUT2D eigenvalue weighted by atomic mass is 9.97. The topological polar surface area (TPSA) is 247 Å². The van der Waals surface area contributed by atoms with Crippen LogP contribution < -0.4 is 21.3 Å². The maximum absolute atomic E-state index is 14.1. The lowest BCUT2D eigenvalue weighted by molar-refractivity contribution is -0.326. The number of carbonyl (C=O) groups is 4. The average molecular weight is 971 g/mol. The van der Waals surface area contributed by atoms with E-state index in [0.29, 0.717) is 5.69 Å². The van der Waals surface area contributed by atoms with Crippen LogP contribution in [0.4, 0.5) is 17.5 Å². The molecule has 2 aromatic heterocycles. The highest BCUT2D eigenvalue weighted by molar-refractivity contribution is 5.97. The summed E-state index contributed by atoms with van der Waals surface area (Å²) in [5, 5.41) is 5.38. The largest absolute Gasteiger partial charge is 0.461 e. The van der Waals surface area contributed by atoms with Crippen molar-refractivity contribution in [3.63, 3.8) is 0 Å². The molecule has 1 fully saturated rings. The van der Waals surface area contributed by atoms with Crippen LogP contribution in [0.2, 0.25) is 0 Å². The van der Waals surface area contributed by atoms with Crippen LogP contribution >= 0.6 is 0 Å². The molecule has 7 atom stereocenters. The molecule has 1 aliphatic heterocycles. The van der Waals surface area contributed by atoms with Crippen LogP contribution in [-0.4, -0.2) is 140 Å². The van der Waals surface area contributed by atoms with Crippen LogP contribution in [0.15, 0.2) is 106 Å². The summed E-state index contributed by atoms with van der Waals surface area (Å²) < 4.78 is 47.5. The van der Waals surface area contributed by atoms with E-state index in [9.17, 15) is 19.2 Å². The zero-order valence-corrected chi connectivity index (χ0v) is 40.2. The molecular formula is C50H66N8O12. The smallest absolute Gasteiger partial charge is 0.328 e. The van der Waals surface area contributed by atoms with E-state index in [1.807, 2.05) is 25.8 Å². The van der Waals surface area contributed by atoms with E-state index < -0.39 is 66.6 Å². The Morgan fingerprint density at radius 1 is 0.814 bits per heavy atom. The average Bonchev–Trinajstić information content (AvgIpc) is 3.34. The molecule has 0 radical (unpaired) electrons. The summed E-state index contributed by atoms with van der Waals surface area (Å²) in [4.78, 5) is 71.9. The fourth-order valence-electron chi connectivity index (χ4n) is 7.02. The Hall–Kier alpha value is -6.68. The number of rotatable bonds is 32. The van der Waals surface area contributed by atoms with Crippen molar-refractivity contribution in [1.29, 1.82) is 0 Å². The first-order valence-electron chi connectivity index (χ1n) is 22.7. The Balaban J connectivity index is 1.48. The van der Waals surface area contributed by atoms with Crippen LogP contribution in [0, 0.1) is 5.92 Å².